The molecular formula is C11H18N4O3. The lowest BCUT2D eigenvalue weighted by Gasteiger charge is -2.15. The third kappa shape index (κ3) is 3.22. The predicted molar refractivity (Wildman–Crippen MR) is 66.4 cm³/mol. The second-order valence-electron chi connectivity index (χ2n) is 4.27. The molecule has 1 unspecified atom stereocenters. The zero-order valence-electron chi connectivity index (χ0n) is 10.7. The zero-order chi connectivity index (χ0) is 13.9. The van der Waals surface area contributed by atoms with E-state index in [0.29, 0.717) is 23.5 Å². The van der Waals surface area contributed by atoms with Crippen LogP contribution >= 0.6 is 0 Å². The summed E-state index contributed by atoms with van der Waals surface area (Å²) in [6.07, 6.45) is 0.522. The SMILES string of the molecule is Cc1nn(C)c(NC(C)CCC(=O)O)c1C(N)=O. The average molecular weight is 254 g/mol. The zero-order valence-corrected chi connectivity index (χ0v) is 10.7. The van der Waals surface area contributed by atoms with Crippen LogP contribution in [0.5, 0.6) is 0 Å². The molecule has 0 spiro atoms. The highest BCUT2D eigenvalue weighted by atomic mass is 16.4. The fourth-order valence-electron chi connectivity index (χ4n) is 1.76. The smallest absolute Gasteiger partial charge is 0.303 e. The molecule has 7 nitrogen and oxygen atoms in total. The number of anilines is 1. The van der Waals surface area contributed by atoms with E-state index in [9.17, 15) is 9.59 Å². The number of carboxylic acids is 1. The molecule has 1 atom stereocenters. The summed E-state index contributed by atoms with van der Waals surface area (Å²) >= 11 is 0. The van der Waals surface area contributed by atoms with Crippen molar-refractivity contribution in [3.63, 3.8) is 0 Å². The van der Waals surface area contributed by atoms with Gasteiger partial charge in [-0.05, 0) is 20.3 Å². The quantitative estimate of drug-likeness (QED) is 0.684. The first-order valence-electron chi connectivity index (χ1n) is 5.64. The van der Waals surface area contributed by atoms with Crippen LogP contribution in [0.3, 0.4) is 0 Å². The van der Waals surface area contributed by atoms with Gasteiger partial charge in [0.2, 0.25) is 0 Å². The number of aromatic nitrogens is 2. The van der Waals surface area contributed by atoms with Crippen molar-refractivity contribution >= 4 is 17.7 Å². The molecule has 1 amide bonds. The van der Waals surface area contributed by atoms with Crippen molar-refractivity contribution in [2.75, 3.05) is 5.32 Å². The number of carbonyl (C=O) groups excluding carboxylic acids is 1. The summed E-state index contributed by atoms with van der Waals surface area (Å²) in [5.74, 6) is -0.869. The molecule has 1 aromatic heterocycles. The van der Waals surface area contributed by atoms with E-state index in [1.54, 1.807) is 14.0 Å². The van der Waals surface area contributed by atoms with Gasteiger partial charge < -0.3 is 16.2 Å². The lowest BCUT2D eigenvalue weighted by atomic mass is 10.1. The number of nitrogens with zero attached hydrogens (tertiary/aromatic N) is 2. The number of aliphatic carboxylic acids is 1. The number of carbonyl (C=O) groups is 2. The number of rotatable bonds is 6. The molecule has 1 heterocycles. The van der Waals surface area contributed by atoms with Gasteiger partial charge in [-0.3, -0.25) is 14.3 Å². The van der Waals surface area contributed by atoms with E-state index in [-0.39, 0.29) is 12.5 Å². The van der Waals surface area contributed by atoms with Gasteiger partial charge in [0.25, 0.3) is 5.91 Å². The van der Waals surface area contributed by atoms with E-state index in [1.165, 1.54) is 4.68 Å². The Labute approximate surface area is 105 Å². The molecule has 4 N–H and O–H groups in total. The van der Waals surface area contributed by atoms with Gasteiger partial charge in [-0.2, -0.15) is 5.10 Å². The Bertz CT molecular complexity index is 467. The number of aryl methyl sites for hydroxylation is 2. The van der Waals surface area contributed by atoms with Crippen molar-refractivity contribution in [2.24, 2.45) is 12.8 Å². The van der Waals surface area contributed by atoms with Crippen LogP contribution in [0.25, 0.3) is 0 Å². The molecule has 100 valence electrons. The van der Waals surface area contributed by atoms with Crippen LogP contribution in [0.2, 0.25) is 0 Å². The predicted octanol–water partition coefficient (Wildman–Crippen LogP) is 0.493. The topological polar surface area (TPSA) is 110 Å². The normalized spacial score (nSPS) is 12.2. The molecule has 0 saturated heterocycles. The van der Waals surface area contributed by atoms with Crippen LogP contribution in [-0.2, 0) is 11.8 Å². The van der Waals surface area contributed by atoms with E-state index in [1.807, 2.05) is 6.92 Å². The van der Waals surface area contributed by atoms with Crippen molar-refractivity contribution in [3.05, 3.63) is 11.3 Å². The Balaban J connectivity index is 2.83. The maximum atomic E-state index is 11.3. The molecule has 7 heteroatoms. The molecule has 0 aromatic carbocycles. The first kappa shape index (κ1) is 14.0. The van der Waals surface area contributed by atoms with E-state index in [4.69, 9.17) is 10.8 Å². The van der Waals surface area contributed by atoms with Gasteiger partial charge in [0.05, 0.1) is 5.69 Å². The minimum absolute atomic E-state index is 0.0664. The minimum atomic E-state index is -0.847. The summed E-state index contributed by atoms with van der Waals surface area (Å²) in [7, 11) is 1.70. The summed E-state index contributed by atoms with van der Waals surface area (Å²) < 4.78 is 1.53. The molecular weight excluding hydrogens is 236 g/mol. The largest absolute Gasteiger partial charge is 0.481 e. The third-order valence-corrected chi connectivity index (χ3v) is 2.64. The Morgan fingerprint density at radius 2 is 2.17 bits per heavy atom. The molecule has 0 saturated carbocycles. The van der Waals surface area contributed by atoms with Crippen LogP contribution in [-0.4, -0.2) is 32.8 Å². The summed E-state index contributed by atoms with van der Waals surface area (Å²) in [5, 5.41) is 15.8. The number of carboxylic acid groups (broad SMARTS) is 1. The third-order valence-electron chi connectivity index (χ3n) is 2.64. The summed E-state index contributed by atoms with van der Waals surface area (Å²) in [6.45, 7) is 3.54. The minimum Gasteiger partial charge on any atom is -0.481 e. The second kappa shape index (κ2) is 5.52. The van der Waals surface area contributed by atoms with E-state index in [2.05, 4.69) is 10.4 Å². The van der Waals surface area contributed by atoms with Crippen LogP contribution in [0.15, 0.2) is 0 Å². The molecule has 0 aliphatic carbocycles. The Morgan fingerprint density at radius 3 is 2.67 bits per heavy atom. The van der Waals surface area contributed by atoms with Crippen LogP contribution in [0.1, 0.15) is 35.8 Å². The number of primary amides is 1. The van der Waals surface area contributed by atoms with Crippen molar-refractivity contribution in [1.29, 1.82) is 0 Å². The van der Waals surface area contributed by atoms with Crippen LogP contribution < -0.4 is 11.1 Å². The lowest BCUT2D eigenvalue weighted by molar-refractivity contribution is -0.137. The van der Waals surface area contributed by atoms with E-state index in [0.717, 1.165) is 0 Å². The number of nitrogens with two attached hydrogens (primary N) is 1. The Kier molecular flexibility index (Phi) is 4.30. The molecule has 0 aliphatic heterocycles. The van der Waals surface area contributed by atoms with Crippen molar-refractivity contribution in [3.8, 4) is 0 Å². The van der Waals surface area contributed by atoms with E-state index < -0.39 is 11.9 Å². The van der Waals surface area contributed by atoms with Gasteiger partial charge in [-0.1, -0.05) is 0 Å². The summed E-state index contributed by atoms with van der Waals surface area (Å²) in [4.78, 5) is 21.8. The number of hydrogen-bond acceptors (Lipinski definition) is 4. The number of amides is 1. The van der Waals surface area contributed by atoms with Gasteiger partial charge >= 0.3 is 5.97 Å². The highest BCUT2D eigenvalue weighted by Crippen LogP contribution is 2.19. The molecule has 0 bridgehead atoms. The summed E-state index contributed by atoms with van der Waals surface area (Å²) in [6, 6.07) is -0.0889. The number of hydrogen-bond donors (Lipinski definition) is 3. The first-order valence-corrected chi connectivity index (χ1v) is 5.64. The van der Waals surface area contributed by atoms with Gasteiger partial charge in [-0.25, -0.2) is 0 Å². The molecule has 0 radical (unpaired) electrons. The first-order chi connectivity index (χ1) is 8.32. The molecule has 0 aliphatic rings. The lowest BCUT2D eigenvalue weighted by Crippen LogP contribution is -2.22. The van der Waals surface area contributed by atoms with Crippen molar-refractivity contribution in [1.82, 2.24) is 9.78 Å². The standard InChI is InChI=1S/C11H18N4O3/c1-6(4-5-8(16)17)13-11-9(10(12)18)7(2)14-15(11)3/h6,13H,4-5H2,1-3H3,(H2,12,18)(H,16,17). The maximum Gasteiger partial charge on any atom is 0.303 e. The van der Waals surface area contributed by atoms with Crippen molar-refractivity contribution in [2.45, 2.75) is 32.7 Å². The van der Waals surface area contributed by atoms with Gasteiger partial charge in [0.15, 0.2) is 0 Å². The highest BCUT2D eigenvalue weighted by Gasteiger charge is 2.19. The average Bonchev–Trinajstić information content (AvgIpc) is 2.51. The van der Waals surface area contributed by atoms with Gasteiger partial charge in [0.1, 0.15) is 11.4 Å². The molecule has 0 fully saturated rings. The Morgan fingerprint density at radius 1 is 1.56 bits per heavy atom. The summed E-state index contributed by atoms with van der Waals surface area (Å²) in [5.41, 5.74) is 6.20. The van der Waals surface area contributed by atoms with Crippen LogP contribution in [0.4, 0.5) is 5.82 Å². The second-order valence-corrected chi connectivity index (χ2v) is 4.27. The van der Waals surface area contributed by atoms with E-state index >= 15 is 0 Å². The highest BCUT2D eigenvalue weighted by molar-refractivity contribution is 5.98. The molecule has 1 aromatic rings. The van der Waals surface area contributed by atoms with Crippen molar-refractivity contribution < 1.29 is 14.7 Å². The Hall–Kier alpha value is -2.05. The maximum absolute atomic E-state index is 11.3. The number of nitrogens with one attached hydrogen (secondary N) is 1. The monoisotopic (exact) mass is 254 g/mol. The van der Waals surface area contributed by atoms with Crippen LogP contribution in [0, 0.1) is 6.92 Å². The molecule has 1 rings (SSSR count). The molecule has 18 heavy (non-hydrogen) atoms. The fraction of sp³-hybridized carbons (Fsp3) is 0.545. The van der Waals surface area contributed by atoms with Gasteiger partial charge in [-0.15, -0.1) is 0 Å². The fourth-order valence-corrected chi connectivity index (χ4v) is 1.76. The van der Waals surface area contributed by atoms with Gasteiger partial charge in [0, 0.05) is 19.5 Å².